The fourth-order valence-corrected chi connectivity index (χ4v) is 4.97. The average Bonchev–Trinajstić information content (AvgIpc) is 2.84. The van der Waals surface area contributed by atoms with Crippen molar-refractivity contribution < 1.29 is 9.47 Å². The molecule has 2 heterocycles. The number of rotatable bonds is 3. The summed E-state index contributed by atoms with van der Waals surface area (Å²) in [4.78, 5) is 7.67. The summed E-state index contributed by atoms with van der Waals surface area (Å²) in [6.07, 6.45) is 1.02. The van der Waals surface area contributed by atoms with Crippen LogP contribution in [0.3, 0.4) is 0 Å². The fraction of sp³-hybridized carbons (Fsp3) is 0.429. The van der Waals surface area contributed by atoms with Crippen LogP contribution in [0.15, 0.2) is 46.2 Å². The summed E-state index contributed by atoms with van der Waals surface area (Å²) in [6.45, 7) is 4.46. The van der Waals surface area contributed by atoms with Crippen molar-refractivity contribution in [1.82, 2.24) is 9.80 Å². The quantitative estimate of drug-likeness (QED) is 0.820. The van der Waals surface area contributed by atoms with Crippen molar-refractivity contribution >= 4 is 11.8 Å². The van der Waals surface area contributed by atoms with Crippen molar-refractivity contribution in [3.63, 3.8) is 0 Å². The molecule has 1 atom stereocenters. The fourth-order valence-electron chi connectivity index (χ4n) is 3.83. The van der Waals surface area contributed by atoms with E-state index in [4.69, 9.17) is 9.47 Å². The van der Waals surface area contributed by atoms with Crippen LogP contribution in [-0.2, 0) is 6.42 Å². The molecule has 0 saturated carbocycles. The second-order valence-corrected chi connectivity index (χ2v) is 8.12. The third-order valence-electron chi connectivity index (χ3n) is 5.46. The largest absolute Gasteiger partial charge is 0.497 e. The smallest absolute Gasteiger partial charge is 0.120 e. The van der Waals surface area contributed by atoms with Gasteiger partial charge in [0.2, 0.25) is 0 Å². The summed E-state index contributed by atoms with van der Waals surface area (Å²) in [5.41, 5.74) is 2.78. The topological polar surface area (TPSA) is 24.9 Å². The van der Waals surface area contributed by atoms with Gasteiger partial charge in [-0.05, 0) is 54.9 Å². The number of hydrogen-bond donors (Lipinski definition) is 0. The van der Waals surface area contributed by atoms with Crippen LogP contribution in [0.5, 0.6) is 11.5 Å². The lowest BCUT2D eigenvalue weighted by molar-refractivity contribution is 0.109. The Morgan fingerprint density at radius 3 is 2.31 bits per heavy atom. The highest BCUT2D eigenvalue weighted by atomic mass is 32.2. The Morgan fingerprint density at radius 2 is 1.58 bits per heavy atom. The Kier molecular flexibility index (Phi) is 5.11. The van der Waals surface area contributed by atoms with Crippen LogP contribution < -0.4 is 9.47 Å². The predicted molar refractivity (Wildman–Crippen MR) is 106 cm³/mol. The second-order valence-electron chi connectivity index (χ2n) is 7.04. The number of fused-ring (bicyclic) bond motifs is 2. The Labute approximate surface area is 160 Å². The van der Waals surface area contributed by atoms with Gasteiger partial charge in [0.1, 0.15) is 11.5 Å². The van der Waals surface area contributed by atoms with Gasteiger partial charge in [-0.15, -0.1) is 0 Å². The molecule has 1 fully saturated rings. The van der Waals surface area contributed by atoms with E-state index < -0.39 is 0 Å². The van der Waals surface area contributed by atoms with Gasteiger partial charge < -0.3 is 14.4 Å². The van der Waals surface area contributed by atoms with Crippen molar-refractivity contribution in [2.75, 3.05) is 47.4 Å². The molecule has 0 bridgehead atoms. The monoisotopic (exact) mass is 370 g/mol. The Hall–Kier alpha value is -1.69. The van der Waals surface area contributed by atoms with Gasteiger partial charge in [0.15, 0.2) is 0 Å². The number of likely N-dealkylation sites (N-methyl/N-ethyl adjacent to an activating group) is 1. The van der Waals surface area contributed by atoms with E-state index in [0.29, 0.717) is 6.04 Å². The summed E-state index contributed by atoms with van der Waals surface area (Å²) in [6, 6.07) is 13.4. The van der Waals surface area contributed by atoms with Crippen molar-refractivity contribution in [1.29, 1.82) is 0 Å². The predicted octanol–water partition coefficient (Wildman–Crippen LogP) is 3.70. The average molecular weight is 371 g/mol. The molecule has 2 aromatic carbocycles. The third kappa shape index (κ3) is 3.43. The van der Waals surface area contributed by atoms with E-state index in [0.717, 1.165) is 44.1 Å². The molecule has 138 valence electrons. The zero-order chi connectivity index (χ0) is 18.1. The molecule has 4 rings (SSSR count). The molecule has 0 radical (unpaired) electrons. The van der Waals surface area contributed by atoms with E-state index in [9.17, 15) is 0 Å². The molecule has 26 heavy (non-hydrogen) atoms. The van der Waals surface area contributed by atoms with E-state index >= 15 is 0 Å². The van der Waals surface area contributed by atoms with Gasteiger partial charge in [-0.25, -0.2) is 0 Å². The summed E-state index contributed by atoms with van der Waals surface area (Å²) in [5, 5.41) is 0. The third-order valence-corrected chi connectivity index (χ3v) is 6.65. The molecule has 5 heteroatoms. The normalized spacial score (nSPS) is 20.8. The summed E-state index contributed by atoms with van der Waals surface area (Å²) >= 11 is 1.85. The Morgan fingerprint density at radius 1 is 0.885 bits per heavy atom. The first-order chi connectivity index (χ1) is 12.7. The maximum Gasteiger partial charge on any atom is 0.120 e. The SMILES string of the molecule is COc1ccc2c(c1)Sc1ccc(OC)cc1[C@@H](N1CCN(C)CC1)C2. The number of methoxy groups -OCH3 is 2. The highest BCUT2D eigenvalue weighted by Gasteiger charge is 2.30. The first-order valence-corrected chi connectivity index (χ1v) is 9.95. The molecular formula is C21H26N2O2S. The lowest BCUT2D eigenvalue weighted by Crippen LogP contribution is -2.46. The molecular weight excluding hydrogens is 344 g/mol. The zero-order valence-electron chi connectivity index (χ0n) is 15.7. The van der Waals surface area contributed by atoms with Gasteiger partial charge in [-0.1, -0.05) is 17.8 Å². The van der Waals surface area contributed by atoms with E-state index in [1.54, 1.807) is 14.2 Å². The maximum atomic E-state index is 5.53. The van der Waals surface area contributed by atoms with Crippen molar-refractivity contribution in [3.8, 4) is 11.5 Å². The minimum Gasteiger partial charge on any atom is -0.497 e. The molecule has 2 aliphatic heterocycles. The van der Waals surface area contributed by atoms with Gasteiger partial charge in [0.25, 0.3) is 0 Å². The van der Waals surface area contributed by atoms with E-state index in [1.807, 2.05) is 11.8 Å². The first-order valence-electron chi connectivity index (χ1n) is 9.13. The van der Waals surface area contributed by atoms with Gasteiger partial charge in [0.05, 0.1) is 14.2 Å². The molecule has 2 aliphatic rings. The van der Waals surface area contributed by atoms with Crippen molar-refractivity contribution in [2.45, 2.75) is 22.3 Å². The number of nitrogens with zero attached hydrogens (tertiary/aromatic N) is 2. The maximum absolute atomic E-state index is 5.53. The summed E-state index contributed by atoms with van der Waals surface area (Å²) < 4.78 is 11.0. The lowest BCUT2D eigenvalue weighted by Gasteiger charge is -2.38. The molecule has 0 amide bonds. The van der Waals surface area contributed by atoms with Crippen LogP contribution in [-0.4, -0.2) is 57.2 Å². The molecule has 0 aliphatic carbocycles. The van der Waals surface area contributed by atoms with Crippen molar-refractivity contribution in [2.24, 2.45) is 0 Å². The van der Waals surface area contributed by atoms with Crippen LogP contribution in [0.4, 0.5) is 0 Å². The lowest BCUT2D eigenvalue weighted by atomic mass is 9.96. The molecule has 0 aromatic heterocycles. The highest BCUT2D eigenvalue weighted by Crippen LogP contribution is 2.45. The van der Waals surface area contributed by atoms with E-state index in [2.05, 4.69) is 53.2 Å². The highest BCUT2D eigenvalue weighted by molar-refractivity contribution is 7.99. The minimum absolute atomic E-state index is 0.385. The molecule has 1 saturated heterocycles. The van der Waals surface area contributed by atoms with Crippen LogP contribution in [0.2, 0.25) is 0 Å². The second kappa shape index (κ2) is 7.51. The number of hydrogen-bond acceptors (Lipinski definition) is 5. The van der Waals surface area contributed by atoms with Crippen molar-refractivity contribution in [3.05, 3.63) is 47.5 Å². The zero-order valence-corrected chi connectivity index (χ0v) is 16.5. The van der Waals surface area contributed by atoms with Gasteiger partial charge >= 0.3 is 0 Å². The molecule has 2 aromatic rings. The minimum atomic E-state index is 0.385. The summed E-state index contributed by atoms with van der Waals surface area (Å²) in [7, 11) is 5.68. The molecule has 0 spiro atoms. The molecule has 0 N–H and O–H groups in total. The summed E-state index contributed by atoms with van der Waals surface area (Å²) in [5.74, 6) is 1.86. The Balaban J connectivity index is 1.76. The molecule has 0 unspecified atom stereocenters. The standard InChI is InChI=1S/C21H26N2O2S/c1-22-8-10-23(11-9-22)19-12-15-4-5-17(25-3)14-21(15)26-20-7-6-16(24-2)13-18(19)20/h4-7,13-14,19H,8-12H2,1-3H3/t19-/m0/s1. The van der Waals surface area contributed by atoms with Crippen LogP contribution >= 0.6 is 11.8 Å². The van der Waals surface area contributed by atoms with Crippen LogP contribution in [0, 0.1) is 0 Å². The van der Waals surface area contributed by atoms with Crippen LogP contribution in [0.25, 0.3) is 0 Å². The van der Waals surface area contributed by atoms with Gasteiger partial charge in [-0.2, -0.15) is 0 Å². The molecule has 4 nitrogen and oxygen atoms in total. The first kappa shape index (κ1) is 17.7. The number of benzene rings is 2. The Bertz CT molecular complexity index is 788. The van der Waals surface area contributed by atoms with E-state index in [-0.39, 0.29) is 0 Å². The van der Waals surface area contributed by atoms with Gasteiger partial charge in [0, 0.05) is 42.0 Å². The van der Waals surface area contributed by atoms with E-state index in [1.165, 1.54) is 20.9 Å². The number of ether oxygens (including phenoxy) is 2. The van der Waals surface area contributed by atoms with Crippen LogP contribution in [0.1, 0.15) is 17.2 Å². The van der Waals surface area contributed by atoms with Gasteiger partial charge in [-0.3, -0.25) is 4.90 Å². The number of piperazine rings is 1.